The topological polar surface area (TPSA) is 77.1 Å². The summed E-state index contributed by atoms with van der Waals surface area (Å²) >= 11 is 0. The quantitative estimate of drug-likeness (QED) is 0.837. The van der Waals surface area contributed by atoms with Gasteiger partial charge in [0, 0.05) is 32.0 Å². The van der Waals surface area contributed by atoms with Crippen molar-refractivity contribution in [3.8, 4) is 0 Å². The Morgan fingerprint density at radius 1 is 1.44 bits per heavy atom. The molecule has 0 bridgehead atoms. The number of rotatable bonds is 5. The molecule has 0 atom stereocenters. The second-order valence-corrected chi connectivity index (χ2v) is 6.75. The highest BCUT2D eigenvalue weighted by Crippen LogP contribution is 2.24. The van der Waals surface area contributed by atoms with Gasteiger partial charge in [-0.15, -0.1) is 0 Å². The van der Waals surface area contributed by atoms with Crippen LogP contribution in [0, 0.1) is 5.92 Å². The summed E-state index contributed by atoms with van der Waals surface area (Å²) in [5.41, 5.74) is 6.36. The minimum absolute atomic E-state index is 0.309. The molecular weight excluding hydrogens is 250 g/mol. The molecule has 102 valence electrons. The van der Waals surface area contributed by atoms with Gasteiger partial charge in [-0.05, 0) is 24.8 Å². The average Bonchev–Trinajstić information content (AvgIpc) is 2.95. The molecule has 2 rings (SSSR count). The first kappa shape index (κ1) is 13.6. The zero-order valence-corrected chi connectivity index (χ0v) is 11.5. The Hall–Kier alpha value is -0.850. The number of nitrogens with zero attached hydrogens (tertiary/aromatic N) is 1. The van der Waals surface area contributed by atoms with Crippen LogP contribution in [0.5, 0.6) is 0 Å². The molecule has 0 amide bonds. The highest BCUT2D eigenvalue weighted by molar-refractivity contribution is 7.89. The highest BCUT2D eigenvalue weighted by atomic mass is 32.2. The van der Waals surface area contributed by atoms with Crippen LogP contribution in [0.2, 0.25) is 0 Å². The number of nitrogens with one attached hydrogen (secondary N) is 1. The maximum Gasteiger partial charge on any atom is 0.242 e. The van der Waals surface area contributed by atoms with E-state index in [1.54, 1.807) is 23.9 Å². The second-order valence-electron chi connectivity index (χ2n) is 4.98. The predicted octanol–water partition coefficient (Wildman–Crippen LogP) is 0.952. The van der Waals surface area contributed by atoms with E-state index >= 15 is 0 Å². The van der Waals surface area contributed by atoms with E-state index in [-0.39, 0.29) is 0 Å². The van der Waals surface area contributed by atoms with Gasteiger partial charge in [0.15, 0.2) is 0 Å². The fourth-order valence-corrected chi connectivity index (χ4v) is 3.66. The Morgan fingerprint density at radius 3 is 2.67 bits per heavy atom. The Labute approximate surface area is 108 Å². The summed E-state index contributed by atoms with van der Waals surface area (Å²) in [5.74, 6) is 0.498. The van der Waals surface area contributed by atoms with Gasteiger partial charge in [0.2, 0.25) is 10.0 Å². The molecule has 1 saturated carbocycles. The number of hydrogen-bond acceptors (Lipinski definition) is 3. The van der Waals surface area contributed by atoms with Gasteiger partial charge in [-0.2, -0.15) is 0 Å². The molecular formula is C12H21N3O2S. The van der Waals surface area contributed by atoms with Gasteiger partial charge in [-0.3, -0.25) is 0 Å². The Balaban J connectivity index is 2.04. The van der Waals surface area contributed by atoms with Crippen molar-refractivity contribution in [2.75, 3.05) is 6.54 Å². The lowest BCUT2D eigenvalue weighted by Gasteiger charge is -2.10. The van der Waals surface area contributed by atoms with Crippen LogP contribution >= 0.6 is 0 Å². The molecule has 0 saturated heterocycles. The standard InChI is InChI=1S/C12H21N3O2S/c1-15-9-12(6-11(15)7-13)18(16,17)14-8-10-4-2-3-5-10/h6,9-10,14H,2-5,7-8,13H2,1H3. The lowest BCUT2D eigenvalue weighted by Crippen LogP contribution is -2.28. The van der Waals surface area contributed by atoms with Crippen molar-refractivity contribution < 1.29 is 8.42 Å². The first-order valence-electron chi connectivity index (χ1n) is 6.38. The second kappa shape index (κ2) is 5.42. The molecule has 3 N–H and O–H groups in total. The number of aromatic nitrogens is 1. The summed E-state index contributed by atoms with van der Waals surface area (Å²) in [6, 6.07) is 1.64. The van der Waals surface area contributed by atoms with Crippen LogP contribution in [0.15, 0.2) is 17.2 Å². The van der Waals surface area contributed by atoms with Crippen LogP contribution in [0.1, 0.15) is 31.4 Å². The molecule has 6 heteroatoms. The van der Waals surface area contributed by atoms with E-state index in [1.807, 2.05) is 0 Å². The maximum absolute atomic E-state index is 12.1. The van der Waals surface area contributed by atoms with E-state index in [4.69, 9.17) is 5.73 Å². The van der Waals surface area contributed by atoms with Crippen LogP contribution in [-0.2, 0) is 23.6 Å². The molecule has 0 radical (unpaired) electrons. The molecule has 0 unspecified atom stereocenters. The van der Waals surface area contributed by atoms with Crippen molar-refractivity contribution in [3.05, 3.63) is 18.0 Å². The molecule has 1 aromatic heterocycles. The third kappa shape index (κ3) is 2.93. The Bertz CT molecular complexity index is 501. The summed E-state index contributed by atoms with van der Waals surface area (Å²) in [7, 11) is -1.58. The SMILES string of the molecule is Cn1cc(S(=O)(=O)NCC2CCCC2)cc1CN. The smallest absolute Gasteiger partial charge is 0.242 e. The third-order valence-electron chi connectivity index (χ3n) is 3.64. The van der Waals surface area contributed by atoms with E-state index in [0.717, 1.165) is 18.5 Å². The molecule has 1 heterocycles. The molecule has 0 aromatic carbocycles. The maximum atomic E-state index is 12.1. The van der Waals surface area contributed by atoms with E-state index in [0.29, 0.717) is 23.9 Å². The molecule has 1 aliphatic rings. The predicted molar refractivity (Wildman–Crippen MR) is 70.5 cm³/mol. The van der Waals surface area contributed by atoms with Crippen LogP contribution in [0.3, 0.4) is 0 Å². The number of aryl methyl sites for hydroxylation is 1. The number of hydrogen-bond donors (Lipinski definition) is 2. The fraction of sp³-hybridized carbons (Fsp3) is 0.667. The summed E-state index contributed by atoms with van der Waals surface area (Å²) < 4.78 is 28.7. The fourth-order valence-electron chi connectivity index (χ4n) is 2.45. The first-order valence-corrected chi connectivity index (χ1v) is 7.86. The van der Waals surface area contributed by atoms with Crippen molar-refractivity contribution in [2.24, 2.45) is 18.7 Å². The molecule has 5 nitrogen and oxygen atoms in total. The Kier molecular flexibility index (Phi) is 4.09. The van der Waals surface area contributed by atoms with Gasteiger partial charge in [0.05, 0.1) is 4.90 Å². The van der Waals surface area contributed by atoms with Crippen LogP contribution in [0.4, 0.5) is 0 Å². The summed E-state index contributed by atoms with van der Waals surface area (Å²) in [5, 5.41) is 0. The third-order valence-corrected chi connectivity index (χ3v) is 5.03. The van der Waals surface area contributed by atoms with E-state index in [9.17, 15) is 8.42 Å². The van der Waals surface area contributed by atoms with Crippen molar-refractivity contribution in [2.45, 2.75) is 37.1 Å². The van der Waals surface area contributed by atoms with Gasteiger partial charge in [0.1, 0.15) is 0 Å². The first-order chi connectivity index (χ1) is 8.53. The highest BCUT2D eigenvalue weighted by Gasteiger charge is 2.21. The zero-order chi connectivity index (χ0) is 13.2. The van der Waals surface area contributed by atoms with E-state index in [1.165, 1.54) is 12.8 Å². The molecule has 1 aliphatic carbocycles. The normalized spacial score (nSPS) is 17.4. The number of nitrogens with two attached hydrogens (primary N) is 1. The van der Waals surface area contributed by atoms with Gasteiger partial charge >= 0.3 is 0 Å². The largest absolute Gasteiger partial charge is 0.352 e. The number of sulfonamides is 1. The van der Waals surface area contributed by atoms with Crippen molar-refractivity contribution in [3.63, 3.8) is 0 Å². The van der Waals surface area contributed by atoms with Crippen LogP contribution in [-0.4, -0.2) is 19.5 Å². The lowest BCUT2D eigenvalue weighted by molar-refractivity contribution is 0.519. The molecule has 1 aromatic rings. The van der Waals surface area contributed by atoms with Crippen LogP contribution in [0.25, 0.3) is 0 Å². The van der Waals surface area contributed by atoms with Crippen molar-refractivity contribution >= 4 is 10.0 Å². The zero-order valence-electron chi connectivity index (χ0n) is 10.7. The van der Waals surface area contributed by atoms with Gasteiger partial charge in [0.25, 0.3) is 0 Å². The Morgan fingerprint density at radius 2 is 2.11 bits per heavy atom. The van der Waals surface area contributed by atoms with E-state index in [2.05, 4.69) is 4.72 Å². The lowest BCUT2D eigenvalue weighted by atomic mass is 10.1. The molecule has 18 heavy (non-hydrogen) atoms. The summed E-state index contributed by atoms with van der Waals surface area (Å²) in [4.78, 5) is 0.309. The van der Waals surface area contributed by atoms with Crippen molar-refractivity contribution in [1.82, 2.24) is 9.29 Å². The van der Waals surface area contributed by atoms with Crippen LogP contribution < -0.4 is 10.5 Å². The average molecular weight is 271 g/mol. The monoisotopic (exact) mass is 271 g/mol. The molecule has 1 fully saturated rings. The minimum atomic E-state index is -3.39. The van der Waals surface area contributed by atoms with E-state index < -0.39 is 10.0 Å². The van der Waals surface area contributed by atoms with Crippen molar-refractivity contribution in [1.29, 1.82) is 0 Å². The molecule has 0 spiro atoms. The van der Waals surface area contributed by atoms with Gasteiger partial charge < -0.3 is 10.3 Å². The molecule has 0 aliphatic heterocycles. The van der Waals surface area contributed by atoms with Gasteiger partial charge in [-0.25, -0.2) is 13.1 Å². The summed E-state index contributed by atoms with van der Waals surface area (Å²) in [6.45, 7) is 0.893. The summed E-state index contributed by atoms with van der Waals surface area (Å²) in [6.07, 6.45) is 6.31. The van der Waals surface area contributed by atoms with Gasteiger partial charge in [-0.1, -0.05) is 12.8 Å². The minimum Gasteiger partial charge on any atom is -0.352 e.